The van der Waals surface area contributed by atoms with Crippen molar-refractivity contribution >= 4 is 5.78 Å². The van der Waals surface area contributed by atoms with Crippen LogP contribution in [0, 0.1) is 13.8 Å². The maximum Gasteiger partial charge on any atom is 0.196 e. The number of ether oxygens (including phenoxy) is 2. The minimum absolute atomic E-state index is 0.00199. The summed E-state index contributed by atoms with van der Waals surface area (Å²) in [4.78, 5) is 17.3. The minimum atomic E-state index is -1.02. The second kappa shape index (κ2) is 8.29. The molecule has 0 amide bonds. The largest absolute Gasteiger partial charge is 0.484 e. The molecule has 2 aromatic rings. The lowest BCUT2D eigenvalue weighted by Gasteiger charge is -2.60. The van der Waals surface area contributed by atoms with Crippen molar-refractivity contribution in [2.75, 3.05) is 27.2 Å². The van der Waals surface area contributed by atoms with Gasteiger partial charge in [0, 0.05) is 23.2 Å². The number of hydrogen-bond donors (Lipinski definition) is 1. The van der Waals surface area contributed by atoms with Gasteiger partial charge in [-0.2, -0.15) is 0 Å². The Morgan fingerprint density at radius 1 is 0.837 bits per heavy atom. The Bertz CT molecular complexity index is 1740. The van der Waals surface area contributed by atoms with Gasteiger partial charge in [0.1, 0.15) is 23.2 Å². The number of rotatable bonds is 0. The predicted octanol–water partition coefficient (Wildman–Crippen LogP) is 4.26. The predicted molar refractivity (Wildman–Crippen MR) is 165 cm³/mol. The lowest BCUT2D eigenvalue weighted by atomic mass is 9.51. The molecule has 6 nitrogen and oxygen atoms in total. The Labute approximate surface area is 253 Å². The Morgan fingerprint density at radius 3 is 2.28 bits per heavy atom. The minimum Gasteiger partial charge on any atom is -0.484 e. The molecule has 43 heavy (non-hydrogen) atoms. The SMILES string of the molecule is CC1=CC=C2[C@H]3Cc4ccc(C)c5c4[C@@]2(CCN3C)[C@H]1O5.Cc1ccc2c3c1O[C@H]1C(=O)C=C[C@@]4(O)[C@@H](C2)N(C)CC[C@]314. The van der Waals surface area contributed by atoms with Gasteiger partial charge in [0.05, 0.1) is 10.8 Å². The van der Waals surface area contributed by atoms with Crippen LogP contribution in [-0.2, 0) is 28.5 Å². The second-order valence-electron chi connectivity index (χ2n) is 14.4. The van der Waals surface area contributed by atoms with Crippen molar-refractivity contribution in [3.05, 3.63) is 93.1 Å². The highest BCUT2D eigenvalue weighted by Crippen LogP contribution is 2.63. The number of piperidine rings is 2. The molecule has 2 aromatic carbocycles. The molecule has 4 heterocycles. The van der Waals surface area contributed by atoms with Crippen LogP contribution in [0.4, 0.5) is 0 Å². The number of likely N-dealkylation sites (tertiary alicyclic amines) is 2. The highest BCUT2D eigenvalue weighted by atomic mass is 16.5. The molecular weight excluding hydrogens is 536 g/mol. The highest BCUT2D eigenvalue weighted by Gasteiger charge is 2.71. The van der Waals surface area contributed by atoms with Crippen molar-refractivity contribution < 1.29 is 19.4 Å². The van der Waals surface area contributed by atoms with Crippen LogP contribution in [-0.4, -0.2) is 77.8 Å². The fraction of sp³-hybridized carbons (Fsp3) is 0.486. The molecule has 2 saturated heterocycles. The van der Waals surface area contributed by atoms with E-state index in [1.54, 1.807) is 11.6 Å². The molecule has 0 radical (unpaired) electrons. The van der Waals surface area contributed by atoms with E-state index in [9.17, 15) is 9.90 Å². The fourth-order valence-corrected chi connectivity index (χ4v) is 10.4. The zero-order valence-electron chi connectivity index (χ0n) is 25.7. The summed E-state index contributed by atoms with van der Waals surface area (Å²) in [5.41, 5.74) is 9.19. The van der Waals surface area contributed by atoms with Crippen LogP contribution in [0.15, 0.2) is 59.7 Å². The first kappa shape index (κ1) is 26.2. The smallest absolute Gasteiger partial charge is 0.196 e. The molecule has 6 heteroatoms. The number of nitrogens with zero attached hydrogens (tertiary/aromatic N) is 2. The Kier molecular flexibility index (Phi) is 5.06. The molecule has 7 atom stereocenters. The first-order chi connectivity index (χ1) is 20.6. The van der Waals surface area contributed by atoms with Crippen LogP contribution < -0.4 is 9.47 Å². The van der Waals surface area contributed by atoms with Crippen LogP contribution in [0.5, 0.6) is 11.5 Å². The molecule has 8 aliphatic rings. The first-order valence-corrected chi connectivity index (χ1v) is 16.0. The van der Waals surface area contributed by atoms with Gasteiger partial charge in [-0.1, -0.05) is 36.4 Å². The average Bonchev–Trinajstić information content (AvgIpc) is 3.54. The van der Waals surface area contributed by atoms with Crippen LogP contribution in [0.25, 0.3) is 0 Å². The topological polar surface area (TPSA) is 62.2 Å². The number of hydrogen-bond acceptors (Lipinski definition) is 6. The summed E-state index contributed by atoms with van der Waals surface area (Å²) < 4.78 is 12.7. The van der Waals surface area contributed by atoms with E-state index < -0.39 is 17.1 Å². The maximum atomic E-state index is 12.5. The Balaban J connectivity index is 0.000000121. The van der Waals surface area contributed by atoms with Gasteiger partial charge in [-0.15, -0.1) is 0 Å². The van der Waals surface area contributed by atoms with Gasteiger partial charge >= 0.3 is 0 Å². The average molecular weight is 577 g/mol. The quantitative estimate of drug-likeness (QED) is 0.506. The standard InChI is InChI=1S/C19H21NO.C18H19NO3/c1-11-4-6-13-10-15-14-7-5-12(2)18-19(14,8-9-20(15)3)16(13)17(11)21-18;1-10-3-4-11-9-13-18(21)6-5-12(20)16-17(18,7-8-19(13)2)14(11)15(10)22-16/h4-7,15,18H,8-10H2,1-3H3;3-6,13,16,21H,7-9H2,1-2H3/t15-,18+,19+;13-,16+,17+,18-/m11/s1. The van der Waals surface area contributed by atoms with Crippen molar-refractivity contribution in [2.45, 2.75) is 87.2 Å². The second-order valence-corrected chi connectivity index (χ2v) is 14.4. The number of likely N-dealkylation sites (N-methyl/N-ethyl adjacent to an activating group) is 2. The lowest BCUT2D eigenvalue weighted by molar-refractivity contribution is -0.151. The van der Waals surface area contributed by atoms with Crippen molar-refractivity contribution in [1.82, 2.24) is 9.80 Å². The van der Waals surface area contributed by atoms with Crippen molar-refractivity contribution in [3.8, 4) is 11.5 Å². The summed E-state index contributed by atoms with van der Waals surface area (Å²) >= 11 is 0. The number of benzene rings is 2. The molecule has 4 aliphatic carbocycles. The van der Waals surface area contributed by atoms with Crippen LogP contribution >= 0.6 is 0 Å². The number of allylic oxidation sites excluding steroid dienone is 2. The van der Waals surface area contributed by atoms with Gasteiger partial charge in [-0.3, -0.25) is 14.6 Å². The lowest BCUT2D eigenvalue weighted by Crippen LogP contribution is -2.74. The maximum absolute atomic E-state index is 12.5. The third kappa shape index (κ3) is 2.89. The van der Waals surface area contributed by atoms with Crippen molar-refractivity contribution in [2.24, 2.45) is 0 Å². The molecule has 10 rings (SSSR count). The van der Waals surface area contributed by atoms with Gasteiger partial charge in [0.25, 0.3) is 0 Å². The molecule has 2 fully saturated rings. The van der Waals surface area contributed by atoms with E-state index in [-0.39, 0.29) is 23.3 Å². The molecule has 4 bridgehead atoms. The van der Waals surface area contributed by atoms with Crippen LogP contribution in [0.1, 0.15) is 53.1 Å². The zero-order chi connectivity index (χ0) is 29.6. The number of ketones is 1. The van der Waals surface area contributed by atoms with Crippen LogP contribution in [0.2, 0.25) is 0 Å². The summed E-state index contributed by atoms with van der Waals surface area (Å²) in [6.45, 7) is 8.48. The van der Waals surface area contributed by atoms with E-state index in [1.165, 1.54) is 52.6 Å². The normalized spacial score (nSPS) is 38.6. The van der Waals surface area contributed by atoms with Crippen molar-refractivity contribution in [1.29, 1.82) is 0 Å². The van der Waals surface area contributed by atoms with Gasteiger partial charge < -0.3 is 14.6 Å². The molecule has 0 aromatic heterocycles. The number of carbonyl (C=O) groups excluding carboxylic acids is 1. The Hall–Kier alpha value is -3.19. The zero-order valence-corrected chi connectivity index (χ0v) is 25.7. The molecule has 222 valence electrons. The van der Waals surface area contributed by atoms with E-state index in [1.807, 2.05) is 6.92 Å². The van der Waals surface area contributed by atoms with E-state index in [0.717, 1.165) is 42.7 Å². The summed E-state index contributed by atoms with van der Waals surface area (Å²) in [6.07, 6.45) is 11.5. The highest BCUT2D eigenvalue weighted by molar-refractivity contribution is 5.98. The van der Waals surface area contributed by atoms with E-state index >= 15 is 0 Å². The molecular formula is C37H40N2O4. The first-order valence-electron chi connectivity index (χ1n) is 16.0. The summed E-state index contributed by atoms with van der Waals surface area (Å²) in [5.74, 6) is 2.00. The third-order valence-electron chi connectivity index (χ3n) is 12.5. The molecule has 4 aliphatic heterocycles. The van der Waals surface area contributed by atoms with E-state index in [2.05, 4.69) is 74.2 Å². The van der Waals surface area contributed by atoms with Crippen LogP contribution in [0.3, 0.4) is 0 Å². The van der Waals surface area contributed by atoms with Gasteiger partial charge in [-0.25, -0.2) is 0 Å². The summed E-state index contributed by atoms with van der Waals surface area (Å²) in [7, 11) is 4.33. The van der Waals surface area contributed by atoms with Gasteiger partial charge in [-0.05, 0) is 119 Å². The molecule has 0 saturated carbocycles. The molecule has 0 unspecified atom stereocenters. The van der Waals surface area contributed by atoms with E-state index in [4.69, 9.17) is 9.47 Å². The molecule has 2 spiro atoms. The monoisotopic (exact) mass is 576 g/mol. The summed E-state index contributed by atoms with van der Waals surface area (Å²) in [6, 6.07) is 9.36. The number of aliphatic hydroxyl groups is 1. The number of aryl methyl sites for hydroxylation is 2. The van der Waals surface area contributed by atoms with E-state index in [0.29, 0.717) is 6.04 Å². The summed E-state index contributed by atoms with van der Waals surface area (Å²) in [5, 5.41) is 11.6. The number of carbonyl (C=O) groups is 1. The fourth-order valence-electron chi connectivity index (χ4n) is 10.4. The van der Waals surface area contributed by atoms with Gasteiger partial charge in [0.15, 0.2) is 11.9 Å². The Morgan fingerprint density at radius 2 is 1.51 bits per heavy atom. The van der Waals surface area contributed by atoms with Gasteiger partial charge in [0.2, 0.25) is 0 Å². The van der Waals surface area contributed by atoms with Crippen molar-refractivity contribution in [3.63, 3.8) is 0 Å². The molecule has 1 N–H and O–H groups in total. The third-order valence-corrected chi connectivity index (χ3v) is 12.5.